The number of nitrogens with zero attached hydrogens (tertiary/aromatic N) is 2. The van der Waals surface area contributed by atoms with Crippen molar-refractivity contribution < 1.29 is 4.79 Å². The number of nitrogens with one attached hydrogen (secondary N) is 1. The average molecular weight is 384 g/mol. The lowest BCUT2D eigenvalue weighted by Crippen LogP contribution is -2.51. The van der Waals surface area contributed by atoms with Crippen molar-refractivity contribution in [3.8, 4) is 0 Å². The quantitative estimate of drug-likeness (QED) is 0.735. The van der Waals surface area contributed by atoms with E-state index >= 15 is 0 Å². The van der Waals surface area contributed by atoms with Crippen LogP contribution in [-0.2, 0) is 4.79 Å². The summed E-state index contributed by atoms with van der Waals surface area (Å²) >= 11 is 12.7. The number of rotatable bonds is 7. The maximum atomic E-state index is 13.1. The Hall–Kier alpha value is -0.810. The molecule has 0 saturated heterocycles. The van der Waals surface area contributed by atoms with Gasteiger partial charge in [-0.1, -0.05) is 18.2 Å². The van der Waals surface area contributed by atoms with Crippen molar-refractivity contribution in [3.63, 3.8) is 0 Å². The van der Waals surface area contributed by atoms with Crippen molar-refractivity contribution >= 4 is 34.8 Å². The Morgan fingerprint density at radius 3 is 2.44 bits per heavy atom. The van der Waals surface area contributed by atoms with Crippen LogP contribution in [0.15, 0.2) is 30.3 Å². The van der Waals surface area contributed by atoms with Crippen molar-refractivity contribution in [2.75, 3.05) is 32.1 Å². The summed E-state index contributed by atoms with van der Waals surface area (Å²) in [5.41, 5.74) is 0.943. The Balaban J connectivity index is 1.79. The zero-order valence-corrected chi connectivity index (χ0v) is 16.4. The van der Waals surface area contributed by atoms with Gasteiger partial charge in [-0.2, -0.15) is 0 Å². The van der Waals surface area contributed by atoms with Crippen LogP contribution in [0.25, 0.3) is 0 Å². The molecule has 25 heavy (non-hydrogen) atoms. The monoisotopic (exact) mass is 383 g/mol. The molecular weight excluding hydrogens is 357 g/mol. The number of hydrogen-bond donors (Lipinski definition) is 1. The molecule has 0 spiro atoms. The van der Waals surface area contributed by atoms with E-state index in [0.717, 1.165) is 38.0 Å². The molecule has 0 aromatic heterocycles. The molecule has 2 saturated carbocycles. The Morgan fingerprint density at radius 1 is 1.16 bits per heavy atom. The van der Waals surface area contributed by atoms with Crippen LogP contribution in [0, 0.1) is 5.92 Å². The summed E-state index contributed by atoms with van der Waals surface area (Å²) in [7, 11) is 4.12. The predicted octanol–water partition coefficient (Wildman–Crippen LogP) is 2.94. The Bertz CT molecular complexity index is 583. The van der Waals surface area contributed by atoms with Gasteiger partial charge in [0, 0.05) is 35.6 Å². The van der Waals surface area contributed by atoms with Crippen LogP contribution in [0.3, 0.4) is 0 Å². The van der Waals surface area contributed by atoms with Gasteiger partial charge in [0.1, 0.15) is 0 Å². The maximum Gasteiger partial charge on any atom is 0.231 e. The number of benzene rings is 1. The maximum absolute atomic E-state index is 13.1. The molecule has 6 heteroatoms. The Labute approximate surface area is 160 Å². The number of likely N-dealkylation sites (N-methyl/N-ethyl adjacent to an activating group) is 1. The molecule has 5 atom stereocenters. The van der Waals surface area contributed by atoms with E-state index in [1.807, 2.05) is 35.2 Å². The second-order valence-corrected chi connectivity index (χ2v) is 8.58. The number of hydrogen-bond acceptors (Lipinski definition) is 3. The third-order valence-electron chi connectivity index (χ3n) is 5.07. The van der Waals surface area contributed by atoms with Crippen LogP contribution < -0.4 is 10.2 Å². The van der Waals surface area contributed by atoms with Crippen molar-refractivity contribution in [1.82, 2.24) is 10.2 Å². The summed E-state index contributed by atoms with van der Waals surface area (Å²) in [6.45, 7) is 1.85. The third kappa shape index (κ3) is 4.68. The Morgan fingerprint density at radius 2 is 1.84 bits per heavy atom. The van der Waals surface area contributed by atoms with Gasteiger partial charge in [0.25, 0.3) is 0 Å². The topological polar surface area (TPSA) is 35.6 Å². The number of alkyl halides is 2. The normalized spacial score (nSPS) is 31.3. The highest BCUT2D eigenvalue weighted by molar-refractivity contribution is 6.25. The number of anilines is 1. The zero-order chi connectivity index (χ0) is 18.0. The van der Waals surface area contributed by atoms with E-state index in [-0.39, 0.29) is 34.7 Å². The third-order valence-corrected chi connectivity index (χ3v) is 5.91. The predicted molar refractivity (Wildman–Crippen MR) is 105 cm³/mol. The summed E-state index contributed by atoms with van der Waals surface area (Å²) in [4.78, 5) is 17.2. The molecule has 3 unspecified atom stereocenters. The lowest BCUT2D eigenvalue weighted by Gasteiger charge is -2.34. The van der Waals surface area contributed by atoms with Crippen molar-refractivity contribution in [3.05, 3.63) is 30.3 Å². The van der Waals surface area contributed by atoms with Crippen LogP contribution in [0.2, 0.25) is 0 Å². The van der Waals surface area contributed by atoms with Crippen molar-refractivity contribution in [2.45, 2.75) is 42.1 Å². The van der Waals surface area contributed by atoms with E-state index in [1.54, 1.807) is 0 Å². The van der Waals surface area contributed by atoms with E-state index < -0.39 is 0 Å². The molecule has 2 aliphatic rings. The first-order valence-corrected chi connectivity index (χ1v) is 9.89. The molecule has 0 aliphatic heterocycles. The van der Waals surface area contributed by atoms with Gasteiger partial charge in [0.15, 0.2) is 0 Å². The average Bonchev–Trinajstić information content (AvgIpc) is 3.20. The molecule has 2 aliphatic carbocycles. The van der Waals surface area contributed by atoms with E-state index in [1.165, 1.54) is 0 Å². The highest BCUT2D eigenvalue weighted by Crippen LogP contribution is 2.41. The van der Waals surface area contributed by atoms with Crippen LogP contribution >= 0.6 is 23.2 Å². The van der Waals surface area contributed by atoms with Gasteiger partial charge >= 0.3 is 0 Å². The van der Waals surface area contributed by atoms with Gasteiger partial charge in [-0.25, -0.2) is 0 Å². The second-order valence-electron chi connectivity index (χ2n) is 7.40. The molecule has 3 rings (SSSR count). The highest BCUT2D eigenvalue weighted by Gasteiger charge is 2.48. The van der Waals surface area contributed by atoms with Crippen LogP contribution in [-0.4, -0.2) is 60.8 Å². The molecule has 1 N–H and O–H groups in total. The molecule has 2 fully saturated rings. The van der Waals surface area contributed by atoms with Crippen LogP contribution in [0.4, 0.5) is 5.69 Å². The van der Waals surface area contributed by atoms with Crippen LogP contribution in [0.1, 0.15) is 19.3 Å². The van der Waals surface area contributed by atoms with Gasteiger partial charge in [0.2, 0.25) is 5.91 Å². The molecule has 1 amide bonds. The smallest absolute Gasteiger partial charge is 0.231 e. The largest absolute Gasteiger partial charge is 0.311 e. The molecule has 0 radical (unpaired) electrons. The summed E-state index contributed by atoms with van der Waals surface area (Å²) in [5.74, 6) is 0.0834. The molecule has 138 valence electrons. The first-order valence-electron chi connectivity index (χ1n) is 9.01. The minimum absolute atomic E-state index is 0.0212. The van der Waals surface area contributed by atoms with Gasteiger partial charge < -0.3 is 15.1 Å². The SMILES string of the molecule is CN(C)CCNC1CC(Cl)CC1N(C(=O)[C@H]1C[C@@H]1Cl)c1ccccc1. The minimum Gasteiger partial charge on any atom is -0.311 e. The van der Waals surface area contributed by atoms with Crippen molar-refractivity contribution in [2.24, 2.45) is 5.92 Å². The van der Waals surface area contributed by atoms with Gasteiger partial charge in [-0.15, -0.1) is 23.2 Å². The first kappa shape index (κ1) is 19.0. The van der Waals surface area contributed by atoms with Crippen molar-refractivity contribution in [1.29, 1.82) is 0 Å². The lowest BCUT2D eigenvalue weighted by atomic mass is 10.1. The van der Waals surface area contributed by atoms with E-state index in [9.17, 15) is 4.79 Å². The number of amides is 1. The van der Waals surface area contributed by atoms with Crippen LogP contribution in [0.5, 0.6) is 0 Å². The van der Waals surface area contributed by atoms with Gasteiger partial charge in [0.05, 0.1) is 12.0 Å². The fraction of sp³-hybridized carbons (Fsp3) is 0.632. The summed E-state index contributed by atoms with van der Waals surface area (Å²) < 4.78 is 0. The van der Waals surface area contributed by atoms with E-state index in [0.29, 0.717) is 0 Å². The Kier molecular flexibility index (Phi) is 6.26. The lowest BCUT2D eigenvalue weighted by molar-refractivity contribution is -0.120. The fourth-order valence-electron chi connectivity index (χ4n) is 3.60. The zero-order valence-electron chi connectivity index (χ0n) is 14.9. The summed E-state index contributed by atoms with van der Waals surface area (Å²) in [6.07, 6.45) is 2.46. The van der Waals surface area contributed by atoms with E-state index in [2.05, 4.69) is 24.3 Å². The summed E-state index contributed by atoms with van der Waals surface area (Å²) in [5, 5.41) is 3.68. The molecule has 0 heterocycles. The molecule has 4 nitrogen and oxygen atoms in total. The number of carbonyl (C=O) groups is 1. The minimum atomic E-state index is -0.0568. The van der Waals surface area contributed by atoms with Gasteiger partial charge in [-0.05, 0) is 45.5 Å². The highest BCUT2D eigenvalue weighted by atomic mass is 35.5. The molecular formula is C19H27Cl2N3O. The summed E-state index contributed by atoms with van der Waals surface area (Å²) in [6, 6.07) is 10.2. The number of carbonyl (C=O) groups excluding carboxylic acids is 1. The molecule has 1 aromatic rings. The van der Waals surface area contributed by atoms with Gasteiger partial charge in [-0.3, -0.25) is 4.79 Å². The van der Waals surface area contributed by atoms with E-state index in [4.69, 9.17) is 23.2 Å². The standard InChI is InChI=1S/C19H27Cl2N3O/c1-23(2)9-8-22-17-10-13(20)11-18(17)24(14-6-4-3-5-7-14)19(25)15-12-16(15)21/h3-7,13,15-18,22H,8-12H2,1-2H3/t13?,15-,16-,17?,18?/m0/s1. The number of halogens is 2. The second kappa shape index (κ2) is 8.26. The molecule has 1 aromatic carbocycles. The first-order chi connectivity index (χ1) is 12.0. The molecule has 0 bridgehead atoms. The fourth-order valence-corrected chi connectivity index (χ4v) is 4.28. The number of para-hydroxylation sites is 1.